The molecule has 0 saturated carbocycles. The highest BCUT2D eigenvalue weighted by Crippen LogP contribution is 2.20. The molecule has 0 aliphatic carbocycles. The molecule has 0 aliphatic rings. The molecule has 2 heterocycles. The number of aromatic amines is 1. The number of hydrogen-bond acceptors (Lipinski definition) is 3. The summed E-state index contributed by atoms with van der Waals surface area (Å²) >= 11 is 1.74. The van der Waals surface area contributed by atoms with Crippen molar-refractivity contribution in [3.05, 3.63) is 45.9 Å². The van der Waals surface area contributed by atoms with Crippen LogP contribution in [0.15, 0.2) is 29.6 Å². The summed E-state index contributed by atoms with van der Waals surface area (Å²) in [5, 5.41) is 5.35. The number of nitrogens with one attached hydrogen (secondary N) is 2. The molecule has 0 saturated heterocycles. The summed E-state index contributed by atoms with van der Waals surface area (Å²) in [5.41, 5.74) is 2.84. The molecule has 0 radical (unpaired) electrons. The summed E-state index contributed by atoms with van der Waals surface area (Å²) in [4.78, 5) is 8.77. The van der Waals surface area contributed by atoms with Crippen molar-refractivity contribution < 1.29 is 4.39 Å². The van der Waals surface area contributed by atoms with Crippen molar-refractivity contribution in [2.75, 3.05) is 5.32 Å². The molecular formula is C14H14FN3S. The summed E-state index contributed by atoms with van der Waals surface area (Å²) in [6.07, 6.45) is 1.03. The first-order valence-corrected chi connectivity index (χ1v) is 7.08. The molecule has 2 aromatic heterocycles. The van der Waals surface area contributed by atoms with Gasteiger partial charge in [-0.15, -0.1) is 11.3 Å². The Morgan fingerprint density at radius 3 is 3.11 bits per heavy atom. The zero-order valence-corrected chi connectivity index (χ0v) is 11.4. The van der Waals surface area contributed by atoms with Crippen LogP contribution in [-0.2, 0) is 13.0 Å². The maximum Gasteiger partial charge on any atom is 0.201 e. The van der Waals surface area contributed by atoms with Crippen LogP contribution < -0.4 is 5.32 Å². The van der Waals surface area contributed by atoms with Gasteiger partial charge in [-0.25, -0.2) is 9.37 Å². The monoisotopic (exact) mass is 275 g/mol. The normalized spacial score (nSPS) is 11.1. The molecule has 2 N–H and O–H groups in total. The van der Waals surface area contributed by atoms with Crippen molar-refractivity contribution in [1.29, 1.82) is 0 Å². The highest BCUT2D eigenvalue weighted by Gasteiger charge is 2.06. The van der Waals surface area contributed by atoms with Gasteiger partial charge < -0.3 is 10.3 Å². The lowest BCUT2D eigenvalue weighted by atomic mass is 10.2. The van der Waals surface area contributed by atoms with Crippen LogP contribution in [0, 0.1) is 5.82 Å². The standard InChI is InChI=1S/C14H14FN3S/c1-2-9-5-6-19-13(9)8-16-14-17-11-4-3-10(15)7-12(11)18-14/h3-7H,2,8H2,1H3,(H2,16,17,18). The Bertz CT molecular complexity index is 702. The van der Waals surface area contributed by atoms with Gasteiger partial charge >= 0.3 is 0 Å². The number of rotatable bonds is 4. The highest BCUT2D eigenvalue weighted by molar-refractivity contribution is 7.10. The van der Waals surface area contributed by atoms with Gasteiger partial charge in [-0.3, -0.25) is 0 Å². The van der Waals surface area contributed by atoms with Crippen LogP contribution in [0.2, 0.25) is 0 Å². The number of H-pyrrole nitrogens is 1. The van der Waals surface area contributed by atoms with Crippen LogP contribution >= 0.6 is 11.3 Å². The van der Waals surface area contributed by atoms with E-state index in [-0.39, 0.29) is 5.82 Å². The first-order valence-electron chi connectivity index (χ1n) is 6.20. The SMILES string of the molecule is CCc1ccsc1CNc1nc2ccc(F)cc2[nH]1. The lowest BCUT2D eigenvalue weighted by molar-refractivity contribution is 0.629. The van der Waals surface area contributed by atoms with Gasteiger partial charge in [-0.2, -0.15) is 0 Å². The zero-order chi connectivity index (χ0) is 13.2. The van der Waals surface area contributed by atoms with Crippen LogP contribution in [0.4, 0.5) is 10.3 Å². The number of fused-ring (bicyclic) bond motifs is 1. The maximum absolute atomic E-state index is 13.1. The molecule has 19 heavy (non-hydrogen) atoms. The first-order chi connectivity index (χ1) is 9.26. The van der Waals surface area contributed by atoms with Crippen molar-refractivity contribution >= 4 is 28.3 Å². The molecule has 0 fully saturated rings. The smallest absolute Gasteiger partial charge is 0.201 e. The van der Waals surface area contributed by atoms with E-state index in [2.05, 4.69) is 33.7 Å². The van der Waals surface area contributed by atoms with Gasteiger partial charge in [0, 0.05) is 4.88 Å². The number of aryl methyl sites for hydroxylation is 1. The molecular weight excluding hydrogens is 261 g/mol. The summed E-state index contributed by atoms with van der Waals surface area (Å²) < 4.78 is 13.1. The molecule has 3 aromatic rings. The van der Waals surface area contributed by atoms with Crippen molar-refractivity contribution in [3.8, 4) is 0 Å². The molecule has 3 rings (SSSR count). The van der Waals surface area contributed by atoms with Gasteiger partial charge in [0.2, 0.25) is 5.95 Å². The van der Waals surface area contributed by atoms with E-state index in [1.807, 2.05) is 0 Å². The molecule has 98 valence electrons. The van der Waals surface area contributed by atoms with E-state index in [1.165, 1.54) is 22.6 Å². The molecule has 0 unspecified atom stereocenters. The third kappa shape index (κ3) is 2.46. The van der Waals surface area contributed by atoms with Crippen LogP contribution in [0.5, 0.6) is 0 Å². The van der Waals surface area contributed by atoms with Crippen LogP contribution in [0.25, 0.3) is 11.0 Å². The largest absolute Gasteiger partial charge is 0.351 e. The van der Waals surface area contributed by atoms with Crippen molar-refractivity contribution in [3.63, 3.8) is 0 Å². The number of aromatic nitrogens is 2. The number of imidazole rings is 1. The predicted octanol–water partition coefficient (Wildman–Crippen LogP) is 3.94. The summed E-state index contributed by atoms with van der Waals surface area (Å²) in [6.45, 7) is 2.89. The van der Waals surface area contributed by atoms with Crippen LogP contribution in [0.1, 0.15) is 17.4 Å². The zero-order valence-electron chi connectivity index (χ0n) is 10.5. The van der Waals surface area contributed by atoms with E-state index in [0.717, 1.165) is 18.5 Å². The second-order valence-corrected chi connectivity index (χ2v) is 5.32. The number of halogens is 1. The minimum absolute atomic E-state index is 0.255. The Morgan fingerprint density at radius 1 is 1.37 bits per heavy atom. The summed E-state index contributed by atoms with van der Waals surface area (Å²) in [6, 6.07) is 6.70. The predicted molar refractivity (Wildman–Crippen MR) is 77.1 cm³/mol. The molecule has 5 heteroatoms. The minimum atomic E-state index is -0.255. The third-order valence-electron chi connectivity index (χ3n) is 3.08. The first kappa shape index (κ1) is 12.2. The van der Waals surface area contributed by atoms with Crippen LogP contribution in [-0.4, -0.2) is 9.97 Å². The van der Waals surface area contributed by atoms with E-state index in [0.29, 0.717) is 11.5 Å². The second-order valence-electron chi connectivity index (χ2n) is 4.32. The Kier molecular flexibility index (Phi) is 3.21. The number of thiophene rings is 1. The summed E-state index contributed by atoms with van der Waals surface area (Å²) in [5.74, 6) is 0.422. The second kappa shape index (κ2) is 5.01. The molecule has 0 spiro atoms. The number of hydrogen-bond donors (Lipinski definition) is 2. The topological polar surface area (TPSA) is 40.7 Å². The highest BCUT2D eigenvalue weighted by atomic mass is 32.1. The van der Waals surface area contributed by atoms with Gasteiger partial charge in [0.1, 0.15) is 5.82 Å². The molecule has 0 bridgehead atoms. The van der Waals surface area contributed by atoms with Gasteiger partial charge in [-0.1, -0.05) is 6.92 Å². The van der Waals surface area contributed by atoms with E-state index >= 15 is 0 Å². The maximum atomic E-state index is 13.1. The quantitative estimate of drug-likeness (QED) is 0.757. The van der Waals surface area contributed by atoms with Gasteiger partial charge in [-0.05, 0) is 41.6 Å². The average Bonchev–Trinajstić information content (AvgIpc) is 3.01. The van der Waals surface area contributed by atoms with E-state index in [9.17, 15) is 4.39 Å². The number of anilines is 1. The fourth-order valence-electron chi connectivity index (χ4n) is 2.07. The van der Waals surface area contributed by atoms with Gasteiger partial charge in [0.15, 0.2) is 0 Å². The number of nitrogens with zero attached hydrogens (tertiary/aromatic N) is 1. The molecule has 0 atom stereocenters. The minimum Gasteiger partial charge on any atom is -0.351 e. The Hall–Kier alpha value is -1.88. The molecule has 1 aromatic carbocycles. The molecule has 0 aliphatic heterocycles. The Labute approximate surface area is 114 Å². The van der Waals surface area contributed by atoms with Crippen molar-refractivity contribution in [1.82, 2.24) is 9.97 Å². The van der Waals surface area contributed by atoms with E-state index in [1.54, 1.807) is 17.4 Å². The van der Waals surface area contributed by atoms with Crippen molar-refractivity contribution in [2.24, 2.45) is 0 Å². The molecule has 0 amide bonds. The fraction of sp³-hybridized carbons (Fsp3) is 0.214. The summed E-state index contributed by atoms with van der Waals surface area (Å²) in [7, 11) is 0. The van der Waals surface area contributed by atoms with E-state index in [4.69, 9.17) is 0 Å². The average molecular weight is 275 g/mol. The Balaban J connectivity index is 1.78. The van der Waals surface area contributed by atoms with E-state index < -0.39 is 0 Å². The van der Waals surface area contributed by atoms with Gasteiger partial charge in [0.25, 0.3) is 0 Å². The fourth-order valence-corrected chi connectivity index (χ4v) is 2.98. The number of benzene rings is 1. The third-order valence-corrected chi connectivity index (χ3v) is 4.04. The lowest BCUT2D eigenvalue weighted by Crippen LogP contribution is -2.00. The lowest BCUT2D eigenvalue weighted by Gasteiger charge is -2.02. The van der Waals surface area contributed by atoms with Gasteiger partial charge in [0.05, 0.1) is 17.6 Å². The van der Waals surface area contributed by atoms with Crippen LogP contribution in [0.3, 0.4) is 0 Å². The van der Waals surface area contributed by atoms with Crippen molar-refractivity contribution in [2.45, 2.75) is 19.9 Å². The molecule has 3 nitrogen and oxygen atoms in total. The Morgan fingerprint density at radius 2 is 2.26 bits per heavy atom.